The van der Waals surface area contributed by atoms with Crippen LogP contribution >= 0.6 is 0 Å². The molecule has 9 nitrogen and oxygen atoms in total. The molecule has 1 aliphatic rings. The highest BCUT2D eigenvalue weighted by atomic mass is 16.5. The van der Waals surface area contributed by atoms with Crippen LogP contribution in [0, 0.1) is 0 Å². The second-order valence-corrected chi connectivity index (χ2v) is 6.69. The van der Waals surface area contributed by atoms with Crippen LogP contribution in [0.2, 0.25) is 0 Å². The Hall–Kier alpha value is -3.36. The third-order valence-electron chi connectivity index (χ3n) is 4.99. The van der Waals surface area contributed by atoms with Gasteiger partial charge >= 0.3 is 0 Å². The number of methoxy groups -OCH3 is 3. The molecule has 1 fully saturated rings. The maximum Gasteiger partial charge on any atom is 0.289 e. The Morgan fingerprint density at radius 1 is 1.07 bits per heavy atom. The van der Waals surface area contributed by atoms with Gasteiger partial charge in [-0.2, -0.15) is 0 Å². The Labute approximate surface area is 176 Å². The van der Waals surface area contributed by atoms with E-state index in [9.17, 15) is 4.79 Å². The maximum atomic E-state index is 12.4. The van der Waals surface area contributed by atoms with E-state index in [1.807, 2.05) is 12.1 Å². The summed E-state index contributed by atoms with van der Waals surface area (Å²) in [4.78, 5) is 20.7. The number of furan rings is 1. The van der Waals surface area contributed by atoms with Crippen LogP contribution in [0.4, 0.5) is 0 Å². The van der Waals surface area contributed by atoms with Crippen LogP contribution in [0.15, 0.2) is 39.9 Å². The largest absolute Gasteiger partial charge is 0.493 e. The molecule has 0 atom stereocenters. The van der Waals surface area contributed by atoms with Crippen LogP contribution < -0.4 is 19.5 Å². The number of guanidine groups is 1. The van der Waals surface area contributed by atoms with Crippen molar-refractivity contribution >= 4 is 11.9 Å². The molecular formula is C21H28N4O5. The Bertz CT molecular complexity index is 849. The molecule has 2 heterocycles. The molecule has 0 aliphatic carbocycles. The number of nitrogens with one attached hydrogen (secondary N) is 1. The minimum absolute atomic E-state index is 0.0833. The zero-order chi connectivity index (χ0) is 21.5. The fourth-order valence-corrected chi connectivity index (χ4v) is 3.43. The van der Waals surface area contributed by atoms with E-state index in [0.29, 0.717) is 55.7 Å². The number of aliphatic imine (C=N–C) groups is 1. The van der Waals surface area contributed by atoms with Crippen molar-refractivity contribution in [3.05, 3.63) is 41.9 Å². The lowest BCUT2D eigenvalue weighted by atomic mass is 10.1. The molecule has 2 aromatic rings. The number of hydrogen-bond acceptors (Lipinski definition) is 6. The first kappa shape index (κ1) is 21.4. The van der Waals surface area contributed by atoms with Gasteiger partial charge < -0.3 is 33.7 Å². The highest BCUT2D eigenvalue weighted by Gasteiger charge is 2.25. The van der Waals surface area contributed by atoms with Crippen molar-refractivity contribution < 1.29 is 23.4 Å². The van der Waals surface area contributed by atoms with Crippen LogP contribution in [-0.4, -0.2) is 76.2 Å². The van der Waals surface area contributed by atoms with Crippen molar-refractivity contribution in [1.82, 2.24) is 15.1 Å². The summed E-state index contributed by atoms with van der Waals surface area (Å²) in [5.74, 6) is 2.83. The monoisotopic (exact) mass is 416 g/mol. The van der Waals surface area contributed by atoms with E-state index in [1.54, 1.807) is 45.4 Å². The SMILES string of the molecule is CN=C(NCc1cc(OC)c(OC)c(OC)c1)N1CCN(C(=O)c2ccco2)CC1. The van der Waals surface area contributed by atoms with Crippen molar-refractivity contribution in [2.24, 2.45) is 4.99 Å². The van der Waals surface area contributed by atoms with Crippen molar-refractivity contribution in [2.45, 2.75) is 6.54 Å². The van der Waals surface area contributed by atoms with Crippen molar-refractivity contribution in [3.63, 3.8) is 0 Å². The smallest absolute Gasteiger partial charge is 0.289 e. The third-order valence-corrected chi connectivity index (χ3v) is 4.99. The molecule has 0 bridgehead atoms. The number of carbonyl (C=O) groups excluding carboxylic acids is 1. The molecule has 1 aromatic heterocycles. The zero-order valence-electron chi connectivity index (χ0n) is 17.8. The van der Waals surface area contributed by atoms with E-state index in [4.69, 9.17) is 18.6 Å². The van der Waals surface area contributed by atoms with Gasteiger partial charge in [-0.05, 0) is 29.8 Å². The molecule has 0 saturated carbocycles. The standard InChI is InChI=1S/C21H28N4O5/c1-22-21(23-14-15-12-17(27-2)19(29-4)18(13-15)28-3)25-9-7-24(8-10-25)20(26)16-6-5-11-30-16/h5-6,11-13H,7-10,14H2,1-4H3,(H,22,23). The third kappa shape index (κ3) is 4.61. The van der Waals surface area contributed by atoms with Crippen molar-refractivity contribution in [2.75, 3.05) is 54.6 Å². The van der Waals surface area contributed by atoms with Gasteiger partial charge in [0, 0.05) is 39.8 Å². The van der Waals surface area contributed by atoms with E-state index >= 15 is 0 Å². The Kier molecular flexibility index (Phi) is 7.05. The molecule has 1 amide bonds. The number of rotatable bonds is 6. The summed E-state index contributed by atoms with van der Waals surface area (Å²) >= 11 is 0. The molecule has 3 rings (SSSR count). The predicted molar refractivity (Wildman–Crippen MR) is 112 cm³/mol. The highest BCUT2D eigenvalue weighted by molar-refractivity contribution is 5.91. The fraction of sp³-hybridized carbons (Fsp3) is 0.429. The minimum Gasteiger partial charge on any atom is -0.493 e. The van der Waals surface area contributed by atoms with Gasteiger partial charge in [0.15, 0.2) is 23.2 Å². The van der Waals surface area contributed by atoms with Crippen LogP contribution in [-0.2, 0) is 6.54 Å². The molecule has 162 valence electrons. The number of benzene rings is 1. The molecule has 1 aromatic carbocycles. The van der Waals surface area contributed by atoms with Gasteiger partial charge in [-0.15, -0.1) is 0 Å². The van der Waals surface area contributed by atoms with Crippen LogP contribution in [0.25, 0.3) is 0 Å². The predicted octanol–water partition coefficient (Wildman–Crippen LogP) is 1.84. The van der Waals surface area contributed by atoms with E-state index in [2.05, 4.69) is 15.2 Å². The Morgan fingerprint density at radius 2 is 1.70 bits per heavy atom. The summed E-state index contributed by atoms with van der Waals surface area (Å²) in [6, 6.07) is 7.22. The quantitative estimate of drug-likeness (QED) is 0.568. The van der Waals surface area contributed by atoms with Gasteiger partial charge in [0.2, 0.25) is 5.75 Å². The fourth-order valence-electron chi connectivity index (χ4n) is 3.43. The number of hydrogen-bond donors (Lipinski definition) is 1. The van der Waals surface area contributed by atoms with Crippen molar-refractivity contribution in [3.8, 4) is 17.2 Å². The Balaban J connectivity index is 1.60. The van der Waals surface area contributed by atoms with Gasteiger partial charge in [-0.25, -0.2) is 0 Å². The van der Waals surface area contributed by atoms with Crippen LogP contribution in [0.1, 0.15) is 16.1 Å². The number of piperazine rings is 1. The van der Waals surface area contributed by atoms with Gasteiger partial charge in [0.1, 0.15) is 0 Å². The molecule has 1 N–H and O–H groups in total. The minimum atomic E-state index is -0.0833. The lowest BCUT2D eigenvalue weighted by molar-refractivity contribution is 0.0657. The molecule has 9 heteroatoms. The summed E-state index contributed by atoms with van der Waals surface area (Å²) < 4.78 is 21.4. The average molecular weight is 416 g/mol. The number of nitrogens with zero attached hydrogens (tertiary/aromatic N) is 3. The zero-order valence-corrected chi connectivity index (χ0v) is 17.8. The lowest BCUT2D eigenvalue weighted by Gasteiger charge is -2.36. The summed E-state index contributed by atoms with van der Waals surface area (Å²) in [7, 11) is 6.52. The summed E-state index contributed by atoms with van der Waals surface area (Å²) in [5.41, 5.74) is 0.970. The topological polar surface area (TPSA) is 88.8 Å². The first-order chi connectivity index (χ1) is 14.6. The number of amides is 1. The molecule has 1 aliphatic heterocycles. The van der Waals surface area contributed by atoms with Crippen LogP contribution in [0.3, 0.4) is 0 Å². The second kappa shape index (κ2) is 9.91. The van der Waals surface area contributed by atoms with Crippen molar-refractivity contribution in [1.29, 1.82) is 0 Å². The number of carbonyl (C=O) groups is 1. The van der Waals surface area contributed by atoms with Gasteiger partial charge in [0.05, 0.1) is 27.6 Å². The summed E-state index contributed by atoms with van der Waals surface area (Å²) in [5, 5.41) is 3.37. The first-order valence-electron chi connectivity index (χ1n) is 9.68. The van der Waals surface area contributed by atoms with Gasteiger partial charge in [-0.3, -0.25) is 9.79 Å². The van der Waals surface area contributed by atoms with E-state index in [0.717, 1.165) is 11.5 Å². The molecule has 0 radical (unpaired) electrons. The number of ether oxygens (including phenoxy) is 3. The van der Waals surface area contributed by atoms with Gasteiger partial charge in [-0.1, -0.05) is 0 Å². The normalized spacial score (nSPS) is 14.5. The first-order valence-corrected chi connectivity index (χ1v) is 9.68. The Morgan fingerprint density at radius 3 is 2.20 bits per heavy atom. The summed E-state index contributed by atoms with van der Waals surface area (Å²) in [6.45, 7) is 3.10. The second-order valence-electron chi connectivity index (χ2n) is 6.69. The van der Waals surface area contributed by atoms with E-state index < -0.39 is 0 Å². The van der Waals surface area contributed by atoms with E-state index in [-0.39, 0.29) is 5.91 Å². The lowest BCUT2D eigenvalue weighted by Crippen LogP contribution is -2.53. The van der Waals surface area contributed by atoms with Crippen LogP contribution in [0.5, 0.6) is 17.2 Å². The molecule has 0 spiro atoms. The molecule has 1 saturated heterocycles. The molecular weight excluding hydrogens is 388 g/mol. The molecule has 30 heavy (non-hydrogen) atoms. The average Bonchev–Trinajstić information content (AvgIpc) is 3.33. The van der Waals surface area contributed by atoms with E-state index in [1.165, 1.54) is 6.26 Å². The summed E-state index contributed by atoms with van der Waals surface area (Å²) in [6.07, 6.45) is 1.51. The van der Waals surface area contributed by atoms with Gasteiger partial charge in [0.25, 0.3) is 5.91 Å². The highest BCUT2D eigenvalue weighted by Crippen LogP contribution is 2.38. The maximum absolute atomic E-state index is 12.4. The molecule has 0 unspecified atom stereocenters.